The van der Waals surface area contributed by atoms with Crippen LogP contribution in [-0.2, 0) is 4.79 Å². The first-order valence-corrected chi connectivity index (χ1v) is 6.60. The maximum Gasteiger partial charge on any atom is 0.304 e. The van der Waals surface area contributed by atoms with Gasteiger partial charge in [-0.05, 0) is 35.7 Å². The van der Waals surface area contributed by atoms with Crippen molar-refractivity contribution < 1.29 is 14.3 Å². The number of halogens is 1. The van der Waals surface area contributed by atoms with E-state index in [4.69, 9.17) is 5.11 Å². The lowest BCUT2D eigenvalue weighted by atomic mass is 9.94. The van der Waals surface area contributed by atoms with E-state index in [9.17, 15) is 9.18 Å². The first-order valence-electron chi connectivity index (χ1n) is 6.60. The fourth-order valence-electron chi connectivity index (χ4n) is 2.18. The van der Waals surface area contributed by atoms with Gasteiger partial charge in [0.25, 0.3) is 0 Å². The highest BCUT2D eigenvalue weighted by Gasteiger charge is 2.13. The predicted octanol–water partition coefficient (Wildman–Crippen LogP) is 4.07. The van der Waals surface area contributed by atoms with Gasteiger partial charge in [0, 0.05) is 0 Å². The second-order valence-electron chi connectivity index (χ2n) is 4.68. The van der Waals surface area contributed by atoms with E-state index in [2.05, 4.69) is 11.8 Å². The van der Waals surface area contributed by atoms with E-state index < -0.39 is 5.97 Å². The molecule has 2 nitrogen and oxygen atoms in total. The Morgan fingerprint density at radius 2 is 1.90 bits per heavy atom. The molecule has 106 valence electrons. The predicted molar refractivity (Wildman–Crippen MR) is 80.3 cm³/mol. The summed E-state index contributed by atoms with van der Waals surface area (Å²) in [6, 6.07) is 13.8. The van der Waals surface area contributed by atoms with Crippen LogP contribution in [-0.4, -0.2) is 11.1 Å². The largest absolute Gasteiger partial charge is 0.481 e. The van der Waals surface area contributed by atoms with Crippen LogP contribution in [0.1, 0.15) is 24.8 Å². The lowest BCUT2D eigenvalue weighted by Gasteiger charge is -2.10. The SMILES string of the molecule is CC#CC(CC(=O)O)c1ccc(-c2cccc(F)c2)cc1. The van der Waals surface area contributed by atoms with Gasteiger partial charge in [-0.1, -0.05) is 42.3 Å². The molecule has 1 atom stereocenters. The summed E-state index contributed by atoms with van der Waals surface area (Å²) in [6.07, 6.45) is -0.0276. The molecule has 0 fully saturated rings. The van der Waals surface area contributed by atoms with E-state index in [1.165, 1.54) is 12.1 Å². The highest BCUT2D eigenvalue weighted by molar-refractivity contribution is 5.69. The summed E-state index contributed by atoms with van der Waals surface area (Å²) in [5.74, 6) is 4.19. The maximum absolute atomic E-state index is 13.2. The van der Waals surface area contributed by atoms with Gasteiger partial charge in [0.05, 0.1) is 12.3 Å². The first kappa shape index (κ1) is 14.8. The highest BCUT2D eigenvalue weighted by Crippen LogP contribution is 2.25. The van der Waals surface area contributed by atoms with Crippen molar-refractivity contribution in [3.63, 3.8) is 0 Å². The van der Waals surface area contributed by atoms with Crippen LogP contribution < -0.4 is 0 Å². The van der Waals surface area contributed by atoms with Crippen molar-refractivity contribution in [2.24, 2.45) is 0 Å². The molecule has 0 spiro atoms. The zero-order valence-corrected chi connectivity index (χ0v) is 11.6. The molecule has 0 heterocycles. The molecule has 0 aliphatic rings. The molecule has 0 bridgehead atoms. The summed E-state index contributed by atoms with van der Waals surface area (Å²) in [5, 5.41) is 8.93. The van der Waals surface area contributed by atoms with Crippen LogP contribution in [0.5, 0.6) is 0 Å². The summed E-state index contributed by atoms with van der Waals surface area (Å²) >= 11 is 0. The third-order valence-corrected chi connectivity index (χ3v) is 3.17. The molecule has 1 unspecified atom stereocenters. The second kappa shape index (κ2) is 6.71. The van der Waals surface area contributed by atoms with Gasteiger partial charge in [0.1, 0.15) is 5.82 Å². The maximum atomic E-state index is 13.2. The van der Waals surface area contributed by atoms with Crippen molar-refractivity contribution in [1.29, 1.82) is 0 Å². The fourth-order valence-corrected chi connectivity index (χ4v) is 2.18. The van der Waals surface area contributed by atoms with E-state index in [1.54, 1.807) is 13.0 Å². The second-order valence-corrected chi connectivity index (χ2v) is 4.68. The van der Waals surface area contributed by atoms with Gasteiger partial charge in [0.15, 0.2) is 0 Å². The molecule has 0 saturated carbocycles. The van der Waals surface area contributed by atoms with Crippen LogP contribution in [0, 0.1) is 17.7 Å². The summed E-state index contributed by atoms with van der Waals surface area (Å²) in [5.41, 5.74) is 2.53. The summed E-state index contributed by atoms with van der Waals surface area (Å²) in [7, 11) is 0. The van der Waals surface area contributed by atoms with Gasteiger partial charge in [-0.2, -0.15) is 0 Å². The summed E-state index contributed by atoms with van der Waals surface area (Å²) < 4.78 is 13.2. The van der Waals surface area contributed by atoms with Crippen molar-refractivity contribution in [2.75, 3.05) is 0 Å². The molecule has 2 aromatic rings. The number of benzene rings is 2. The number of hydrogen-bond donors (Lipinski definition) is 1. The van der Waals surface area contributed by atoms with Crippen LogP contribution in [0.2, 0.25) is 0 Å². The minimum Gasteiger partial charge on any atom is -0.481 e. The van der Waals surface area contributed by atoms with Gasteiger partial charge < -0.3 is 5.11 Å². The zero-order chi connectivity index (χ0) is 15.2. The van der Waals surface area contributed by atoms with Gasteiger partial charge in [-0.15, -0.1) is 5.92 Å². The molecule has 0 aromatic heterocycles. The Balaban J connectivity index is 2.28. The lowest BCUT2D eigenvalue weighted by Crippen LogP contribution is -2.04. The standard InChI is InChI=1S/C18H15FO2/c1-2-4-15(12-18(20)21)13-7-9-14(10-8-13)16-5-3-6-17(19)11-16/h3,5-11,15H,12H2,1H3,(H,20,21). The van der Waals surface area contributed by atoms with Crippen molar-refractivity contribution in [1.82, 2.24) is 0 Å². The Morgan fingerprint density at radius 1 is 1.19 bits per heavy atom. The van der Waals surface area contributed by atoms with Crippen molar-refractivity contribution in [2.45, 2.75) is 19.3 Å². The van der Waals surface area contributed by atoms with Crippen LogP contribution in [0.15, 0.2) is 48.5 Å². The molecule has 0 saturated heterocycles. The normalized spacial score (nSPS) is 11.3. The van der Waals surface area contributed by atoms with Gasteiger partial charge in [0.2, 0.25) is 0 Å². The molecule has 0 aliphatic heterocycles. The van der Waals surface area contributed by atoms with Gasteiger partial charge >= 0.3 is 5.97 Å². The Hall–Kier alpha value is -2.60. The molecule has 2 rings (SSSR count). The quantitative estimate of drug-likeness (QED) is 0.858. The Morgan fingerprint density at radius 3 is 2.48 bits per heavy atom. The lowest BCUT2D eigenvalue weighted by molar-refractivity contribution is -0.137. The Bertz CT molecular complexity index is 693. The molecule has 1 N–H and O–H groups in total. The molecule has 3 heteroatoms. The average molecular weight is 282 g/mol. The highest BCUT2D eigenvalue weighted by atomic mass is 19.1. The molecule has 0 radical (unpaired) electrons. The minimum atomic E-state index is -0.878. The number of hydrogen-bond acceptors (Lipinski definition) is 1. The van der Waals surface area contributed by atoms with Crippen molar-refractivity contribution >= 4 is 5.97 Å². The summed E-state index contributed by atoms with van der Waals surface area (Å²) in [4.78, 5) is 10.9. The van der Waals surface area contributed by atoms with E-state index in [0.29, 0.717) is 0 Å². The molecule has 21 heavy (non-hydrogen) atoms. The molecule has 0 amide bonds. The molecule has 0 aliphatic carbocycles. The molecular formula is C18H15FO2. The van der Waals surface area contributed by atoms with Gasteiger partial charge in [-0.3, -0.25) is 4.79 Å². The number of carboxylic acids is 1. The topological polar surface area (TPSA) is 37.3 Å². The fraction of sp³-hybridized carbons (Fsp3) is 0.167. The minimum absolute atomic E-state index is 0.0276. The van der Waals surface area contributed by atoms with E-state index in [-0.39, 0.29) is 18.2 Å². The molecule has 2 aromatic carbocycles. The number of carbonyl (C=O) groups is 1. The van der Waals surface area contributed by atoms with Crippen LogP contribution >= 0.6 is 0 Å². The zero-order valence-electron chi connectivity index (χ0n) is 11.6. The monoisotopic (exact) mass is 282 g/mol. The van der Waals surface area contributed by atoms with E-state index in [1.807, 2.05) is 30.3 Å². The third kappa shape index (κ3) is 3.93. The third-order valence-electron chi connectivity index (χ3n) is 3.17. The van der Waals surface area contributed by atoms with Crippen LogP contribution in [0.25, 0.3) is 11.1 Å². The van der Waals surface area contributed by atoms with Crippen LogP contribution in [0.3, 0.4) is 0 Å². The first-order chi connectivity index (χ1) is 10.1. The smallest absolute Gasteiger partial charge is 0.304 e. The van der Waals surface area contributed by atoms with E-state index in [0.717, 1.165) is 16.7 Å². The summed E-state index contributed by atoms with van der Waals surface area (Å²) in [6.45, 7) is 1.69. The Kier molecular flexibility index (Phi) is 4.73. The van der Waals surface area contributed by atoms with Crippen molar-refractivity contribution in [3.8, 4) is 23.0 Å². The Labute approximate surface area is 123 Å². The molecular weight excluding hydrogens is 267 g/mol. The number of carboxylic acid groups (broad SMARTS) is 1. The number of aliphatic carboxylic acids is 1. The van der Waals surface area contributed by atoms with Gasteiger partial charge in [-0.25, -0.2) is 4.39 Å². The van der Waals surface area contributed by atoms with E-state index >= 15 is 0 Å². The average Bonchev–Trinajstić information content (AvgIpc) is 2.47. The van der Waals surface area contributed by atoms with Crippen molar-refractivity contribution in [3.05, 3.63) is 59.9 Å². The van der Waals surface area contributed by atoms with Crippen LogP contribution in [0.4, 0.5) is 4.39 Å². The number of rotatable bonds is 4.